The lowest BCUT2D eigenvalue weighted by Gasteiger charge is -2.28. The van der Waals surface area contributed by atoms with Crippen molar-refractivity contribution in [2.24, 2.45) is 5.73 Å². The summed E-state index contributed by atoms with van der Waals surface area (Å²) in [5.74, 6) is 1.81. The van der Waals surface area contributed by atoms with Gasteiger partial charge in [-0.15, -0.1) is 0 Å². The van der Waals surface area contributed by atoms with E-state index in [9.17, 15) is 4.79 Å². The standard InChI is InChI=1S/C16H18N4O2.3C2H6/c17-10-5-7-11(8-6-10)20-9-14-15(19-16(20)21)18-12-3-1-2-4-13(12)22-14;3*1-2/h1-4,9-11H,5-8,17H2,(H,18,19,21);3*1-2H3. The Balaban J connectivity index is 0.000000599. The molecule has 4 rings (SSSR count). The molecule has 1 aliphatic carbocycles. The molecule has 0 spiro atoms. The minimum absolute atomic E-state index is 0.158. The lowest BCUT2D eigenvalue weighted by Crippen LogP contribution is -2.33. The molecule has 0 saturated heterocycles. The Kier molecular flexibility index (Phi) is 10.3. The quantitative estimate of drug-likeness (QED) is 0.566. The SMILES string of the molecule is CC.CC.CC.NC1CCC(n2cc3c(nc2=O)Nc2ccccc2O3)CC1. The molecule has 0 radical (unpaired) electrons. The van der Waals surface area contributed by atoms with E-state index in [0.717, 1.165) is 37.1 Å². The molecule has 1 saturated carbocycles. The molecule has 2 aliphatic rings. The summed E-state index contributed by atoms with van der Waals surface area (Å²) >= 11 is 0. The van der Waals surface area contributed by atoms with Crippen LogP contribution in [0, 0.1) is 0 Å². The van der Waals surface area contributed by atoms with Crippen LogP contribution in [0.15, 0.2) is 35.3 Å². The smallest absolute Gasteiger partial charge is 0.350 e. The van der Waals surface area contributed by atoms with Gasteiger partial charge < -0.3 is 15.8 Å². The Bertz CT molecular complexity index is 765. The average Bonchev–Trinajstić information content (AvgIpc) is 2.77. The van der Waals surface area contributed by atoms with Gasteiger partial charge in [-0.3, -0.25) is 4.57 Å². The van der Waals surface area contributed by atoms with Crippen LogP contribution in [0.25, 0.3) is 0 Å². The van der Waals surface area contributed by atoms with Crippen molar-refractivity contribution < 1.29 is 4.74 Å². The largest absolute Gasteiger partial charge is 0.450 e. The number of anilines is 2. The maximum absolute atomic E-state index is 12.3. The molecule has 28 heavy (non-hydrogen) atoms. The van der Waals surface area contributed by atoms with E-state index in [1.807, 2.05) is 65.8 Å². The molecule has 1 aliphatic heterocycles. The van der Waals surface area contributed by atoms with Gasteiger partial charge in [-0.05, 0) is 37.8 Å². The molecule has 1 aromatic heterocycles. The van der Waals surface area contributed by atoms with E-state index in [1.165, 1.54) is 0 Å². The topological polar surface area (TPSA) is 82.2 Å². The summed E-state index contributed by atoms with van der Waals surface area (Å²) in [6.45, 7) is 12.0. The van der Waals surface area contributed by atoms with Crippen LogP contribution in [0.5, 0.6) is 11.5 Å². The van der Waals surface area contributed by atoms with E-state index in [0.29, 0.717) is 11.6 Å². The minimum Gasteiger partial charge on any atom is -0.450 e. The molecule has 0 unspecified atom stereocenters. The van der Waals surface area contributed by atoms with Crippen molar-refractivity contribution in [2.45, 2.75) is 79.3 Å². The van der Waals surface area contributed by atoms with Crippen LogP contribution in [0.3, 0.4) is 0 Å². The van der Waals surface area contributed by atoms with Gasteiger partial charge in [0.15, 0.2) is 17.3 Å². The average molecular weight is 389 g/mol. The third-order valence-corrected chi connectivity index (χ3v) is 4.41. The van der Waals surface area contributed by atoms with E-state index in [2.05, 4.69) is 10.3 Å². The number of rotatable bonds is 1. The first-order valence-electron chi connectivity index (χ1n) is 10.6. The summed E-state index contributed by atoms with van der Waals surface area (Å²) in [7, 11) is 0. The molecule has 0 bridgehead atoms. The first kappa shape index (κ1) is 23.7. The van der Waals surface area contributed by atoms with Crippen LogP contribution in [-0.4, -0.2) is 15.6 Å². The molecule has 6 heteroatoms. The zero-order valence-electron chi connectivity index (χ0n) is 18.2. The maximum atomic E-state index is 12.3. The highest BCUT2D eigenvalue weighted by molar-refractivity contribution is 5.72. The predicted octanol–water partition coefficient (Wildman–Crippen LogP) is 5.61. The van der Waals surface area contributed by atoms with E-state index in [1.54, 1.807) is 10.8 Å². The van der Waals surface area contributed by atoms with Gasteiger partial charge in [0, 0.05) is 12.1 Å². The molecule has 0 amide bonds. The summed E-state index contributed by atoms with van der Waals surface area (Å²) in [5.41, 5.74) is 6.52. The van der Waals surface area contributed by atoms with Gasteiger partial charge in [0.2, 0.25) is 0 Å². The normalized spacial score (nSPS) is 18.7. The number of ether oxygens (including phenoxy) is 1. The van der Waals surface area contributed by atoms with Crippen molar-refractivity contribution in [2.75, 3.05) is 5.32 Å². The number of nitrogens with one attached hydrogen (secondary N) is 1. The zero-order chi connectivity index (χ0) is 21.1. The van der Waals surface area contributed by atoms with Crippen LogP contribution in [0.4, 0.5) is 11.5 Å². The van der Waals surface area contributed by atoms with Gasteiger partial charge in [-0.2, -0.15) is 4.98 Å². The lowest BCUT2D eigenvalue weighted by molar-refractivity contribution is 0.312. The van der Waals surface area contributed by atoms with Gasteiger partial charge in [0.25, 0.3) is 0 Å². The molecular formula is C22H36N4O2. The van der Waals surface area contributed by atoms with Crippen molar-refractivity contribution in [3.8, 4) is 11.5 Å². The van der Waals surface area contributed by atoms with Gasteiger partial charge in [-0.25, -0.2) is 4.79 Å². The highest BCUT2D eigenvalue weighted by Gasteiger charge is 2.24. The predicted molar refractivity (Wildman–Crippen MR) is 118 cm³/mol. The summed E-state index contributed by atoms with van der Waals surface area (Å²) in [5, 5.41) is 3.15. The Morgan fingerprint density at radius 2 is 1.61 bits per heavy atom. The van der Waals surface area contributed by atoms with Crippen LogP contribution in [0.2, 0.25) is 0 Å². The van der Waals surface area contributed by atoms with Crippen molar-refractivity contribution in [1.82, 2.24) is 9.55 Å². The molecule has 1 fully saturated rings. The van der Waals surface area contributed by atoms with E-state index >= 15 is 0 Å². The second kappa shape index (κ2) is 12.2. The number of aromatic nitrogens is 2. The Morgan fingerprint density at radius 1 is 1.00 bits per heavy atom. The molecular weight excluding hydrogens is 352 g/mol. The number of hydrogen-bond acceptors (Lipinski definition) is 5. The molecule has 2 aromatic rings. The van der Waals surface area contributed by atoms with Crippen LogP contribution in [-0.2, 0) is 0 Å². The highest BCUT2D eigenvalue weighted by Crippen LogP contribution is 2.40. The number of para-hydroxylation sites is 2. The molecule has 1 aromatic carbocycles. The third-order valence-electron chi connectivity index (χ3n) is 4.41. The number of benzene rings is 1. The molecule has 3 N–H and O–H groups in total. The zero-order valence-corrected chi connectivity index (χ0v) is 18.2. The maximum Gasteiger partial charge on any atom is 0.350 e. The van der Waals surface area contributed by atoms with Crippen molar-refractivity contribution in [3.63, 3.8) is 0 Å². The van der Waals surface area contributed by atoms with Gasteiger partial charge in [0.1, 0.15) is 0 Å². The van der Waals surface area contributed by atoms with E-state index < -0.39 is 0 Å². The Labute approximate surface area is 169 Å². The van der Waals surface area contributed by atoms with Crippen molar-refractivity contribution >= 4 is 11.5 Å². The second-order valence-electron chi connectivity index (χ2n) is 5.94. The number of nitrogens with two attached hydrogens (primary N) is 1. The van der Waals surface area contributed by atoms with Crippen molar-refractivity contribution in [3.05, 3.63) is 40.9 Å². The fraction of sp³-hybridized carbons (Fsp3) is 0.545. The van der Waals surface area contributed by atoms with Gasteiger partial charge in [-0.1, -0.05) is 53.7 Å². The van der Waals surface area contributed by atoms with Crippen LogP contribution < -0.4 is 21.5 Å². The van der Waals surface area contributed by atoms with Gasteiger partial charge >= 0.3 is 5.69 Å². The number of hydrogen-bond donors (Lipinski definition) is 2. The van der Waals surface area contributed by atoms with E-state index in [4.69, 9.17) is 10.5 Å². The van der Waals surface area contributed by atoms with Crippen LogP contribution >= 0.6 is 0 Å². The van der Waals surface area contributed by atoms with Gasteiger partial charge in [0.05, 0.1) is 11.9 Å². The first-order chi connectivity index (χ1) is 13.7. The number of nitrogens with zero attached hydrogens (tertiary/aromatic N) is 2. The van der Waals surface area contributed by atoms with E-state index in [-0.39, 0.29) is 17.8 Å². The molecule has 2 heterocycles. The third kappa shape index (κ3) is 5.58. The summed E-state index contributed by atoms with van der Waals surface area (Å²) in [6.07, 6.45) is 5.47. The van der Waals surface area contributed by atoms with Crippen molar-refractivity contribution in [1.29, 1.82) is 0 Å². The first-order valence-corrected chi connectivity index (χ1v) is 10.6. The fourth-order valence-electron chi connectivity index (χ4n) is 3.16. The summed E-state index contributed by atoms with van der Waals surface area (Å²) < 4.78 is 7.57. The fourth-order valence-corrected chi connectivity index (χ4v) is 3.16. The van der Waals surface area contributed by atoms with Crippen LogP contribution in [0.1, 0.15) is 73.3 Å². The Hall–Kier alpha value is -2.34. The monoisotopic (exact) mass is 388 g/mol. The summed E-state index contributed by atoms with van der Waals surface area (Å²) in [4.78, 5) is 16.5. The molecule has 0 atom stereocenters. The highest BCUT2D eigenvalue weighted by atomic mass is 16.5. The molecule has 156 valence electrons. The minimum atomic E-state index is -0.241. The molecule has 6 nitrogen and oxygen atoms in total. The summed E-state index contributed by atoms with van der Waals surface area (Å²) in [6, 6.07) is 8.02. The number of fused-ring (bicyclic) bond motifs is 2. The Morgan fingerprint density at radius 3 is 2.25 bits per heavy atom. The second-order valence-corrected chi connectivity index (χ2v) is 5.94. The lowest BCUT2D eigenvalue weighted by atomic mass is 9.92.